The van der Waals surface area contributed by atoms with Crippen molar-refractivity contribution in [1.29, 1.82) is 0 Å². The van der Waals surface area contributed by atoms with Gasteiger partial charge < -0.3 is 4.98 Å². The van der Waals surface area contributed by atoms with Crippen molar-refractivity contribution < 1.29 is 0 Å². The van der Waals surface area contributed by atoms with Crippen LogP contribution in [0.5, 0.6) is 0 Å². The van der Waals surface area contributed by atoms with E-state index in [-0.39, 0.29) is 5.56 Å². The van der Waals surface area contributed by atoms with E-state index in [1.54, 1.807) is 11.3 Å². The highest BCUT2D eigenvalue weighted by Gasteiger charge is 2.17. The lowest BCUT2D eigenvalue weighted by Crippen LogP contribution is -2.09. The maximum Gasteiger partial charge on any atom is 0.260 e. The van der Waals surface area contributed by atoms with Crippen LogP contribution in [0.2, 0.25) is 0 Å². The smallest absolute Gasteiger partial charge is 0.260 e. The van der Waals surface area contributed by atoms with Gasteiger partial charge >= 0.3 is 0 Å². The Bertz CT molecular complexity index is 1140. The normalized spacial score (nSPS) is 11.2. The quantitative estimate of drug-likeness (QED) is 0.539. The summed E-state index contributed by atoms with van der Waals surface area (Å²) in [6, 6.07) is 16.2. The monoisotopic (exact) mass is 346 g/mol. The zero-order chi connectivity index (χ0) is 17.6. The van der Waals surface area contributed by atoms with E-state index in [2.05, 4.69) is 43.1 Å². The first-order chi connectivity index (χ1) is 12.0. The van der Waals surface area contributed by atoms with Crippen LogP contribution in [0.4, 0.5) is 0 Å². The zero-order valence-corrected chi connectivity index (χ0v) is 15.2. The van der Waals surface area contributed by atoms with Crippen molar-refractivity contribution in [3.8, 4) is 22.5 Å². The summed E-state index contributed by atoms with van der Waals surface area (Å²) in [7, 11) is 0. The number of aromatic amines is 1. The van der Waals surface area contributed by atoms with Crippen molar-refractivity contribution in [2.24, 2.45) is 0 Å². The molecule has 0 fully saturated rings. The molecule has 2 aromatic carbocycles. The van der Waals surface area contributed by atoms with Gasteiger partial charge in [0, 0.05) is 16.0 Å². The maximum absolute atomic E-state index is 12.9. The molecule has 4 rings (SSSR count). The third kappa shape index (κ3) is 2.68. The van der Waals surface area contributed by atoms with Gasteiger partial charge in [0.1, 0.15) is 10.7 Å². The Balaban J connectivity index is 1.97. The number of thiophene rings is 1. The highest BCUT2D eigenvalue weighted by atomic mass is 32.1. The Morgan fingerprint density at radius 1 is 0.960 bits per heavy atom. The second kappa shape index (κ2) is 5.97. The van der Waals surface area contributed by atoms with Crippen LogP contribution >= 0.6 is 11.3 Å². The number of hydrogen-bond donors (Lipinski definition) is 1. The summed E-state index contributed by atoms with van der Waals surface area (Å²) in [4.78, 5) is 22.5. The average molecular weight is 346 g/mol. The lowest BCUT2D eigenvalue weighted by molar-refractivity contribution is 1.18. The fraction of sp³-hybridized carbons (Fsp3) is 0.143. The molecule has 4 aromatic rings. The van der Waals surface area contributed by atoms with Gasteiger partial charge in [-0.15, -0.1) is 11.3 Å². The van der Waals surface area contributed by atoms with Crippen molar-refractivity contribution in [3.63, 3.8) is 0 Å². The van der Waals surface area contributed by atoms with Crippen LogP contribution in [0.25, 0.3) is 32.7 Å². The number of nitrogens with zero attached hydrogens (tertiary/aromatic N) is 1. The third-order valence-corrected chi connectivity index (χ3v) is 5.48. The molecule has 2 heterocycles. The summed E-state index contributed by atoms with van der Waals surface area (Å²) >= 11 is 1.58. The van der Waals surface area contributed by atoms with E-state index >= 15 is 0 Å². The average Bonchev–Trinajstić information content (AvgIpc) is 2.92. The molecule has 0 saturated carbocycles. The molecule has 0 aliphatic rings. The van der Waals surface area contributed by atoms with E-state index in [0.29, 0.717) is 11.2 Å². The van der Waals surface area contributed by atoms with Crippen LogP contribution < -0.4 is 5.56 Å². The van der Waals surface area contributed by atoms with Crippen molar-refractivity contribution in [1.82, 2.24) is 9.97 Å². The second-order valence-electron chi connectivity index (χ2n) is 6.31. The number of rotatable bonds is 2. The number of benzene rings is 2. The summed E-state index contributed by atoms with van der Waals surface area (Å²) in [5.74, 6) is 0.632. The van der Waals surface area contributed by atoms with Gasteiger partial charge in [-0.25, -0.2) is 4.98 Å². The minimum absolute atomic E-state index is 0.0804. The molecule has 0 bridgehead atoms. The lowest BCUT2D eigenvalue weighted by Gasteiger charge is -2.05. The maximum atomic E-state index is 12.9. The highest BCUT2D eigenvalue weighted by molar-refractivity contribution is 7.19. The van der Waals surface area contributed by atoms with Crippen LogP contribution in [0.15, 0.2) is 53.3 Å². The topological polar surface area (TPSA) is 45.8 Å². The molecule has 1 N–H and O–H groups in total. The van der Waals surface area contributed by atoms with E-state index < -0.39 is 0 Å². The molecule has 0 aliphatic carbocycles. The molecule has 0 saturated heterocycles. The Labute approximate surface area is 150 Å². The Morgan fingerprint density at radius 3 is 2.40 bits per heavy atom. The van der Waals surface area contributed by atoms with Gasteiger partial charge in [-0.2, -0.15) is 0 Å². The zero-order valence-electron chi connectivity index (χ0n) is 14.4. The molecule has 4 heteroatoms. The summed E-state index contributed by atoms with van der Waals surface area (Å²) in [5.41, 5.74) is 5.23. The summed E-state index contributed by atoms with van der Waals surface area (Å²) < 4.78 is 0. The largest absolute Gasteiger partial charge is 0.306 e. The molecule has 124 valence electrons. The van der Waals surface area contributed by atoms with Gasteiger partial charge in [-0.3, -0.25) is 4.79 Å². The fourth-order valence-electron chi connectivity index (χ4n) is 3.15. The van der Waals surface area contributed by atoms with Crippen molar-refractivity contribution in [2.45, 2.75) is 20.8 Å². The number of nitrogens with one attached hydrogen (secondary N) is 1. The predicted octanol–water partition coefficient (Wildman–Crippen LogP) is 5.24. The first-order valence-electron chi connectivity index (χ1n) is 8.21. The molecule has 0 atom stereocenters. The van der Waals surface area contributed by atoms with E-state index in [9.17, 15) is 4.79 Å². The highest BCUT2D eigenvalue weighted by Crippen LogP contribution is 2.36. The Morgan fingerprint density at radius 2 is 1.68 bits per heavy atom. The third-order valence-electron chi connectivity index (χ3n) is 4.48. The lowest BCUT2D eigenvalue weighted by atomic mass is 10.0. The molecule has 0 spiro atoms. The number of aromatic nitrogens is 2. The summed E-state index contributed by atoms with van der Waals surface area (Å²) in [6.45, 7) is 6.14. The SMILES string of the molecule is Cc1ccc(-c2c(C)sc3nc(-c4ccccc4C)[nH]c(=O)c23)cc1. The number of hydrogen-bond acceptors (Lipinski definition) is 3. The van der Waals surface area contributed by atoms with E-state index in [4.69, 9.17) is 4.98 Å². The second-order valence-corrected chi connectivity index (χ2v) is 7.51. The van der Waals surface area contributed by atoms with Gasteiger partial charge in [0.25, 0.3) is 5.56 Å². The molecule has 25 heavy (non-hydrogen) atoms. The van der Waals surface area contributed by atoms with E-state index in [1.165, 1.54) is 5.56 Å². The van der Waals surface area contributed by atoms with Crippen LogP contribution in [0.3, 0.4) is 0 Å². The van der Waals surface area contributed by atoms with E-state index in [0.717, 1.165) is 32.0 Å². The number of aryl methyl sites for hydroxylation is 3. The van der Waals surface area contributed by atoms with Crippen molar-refractivity contribution in [3.05, 3.63) is 74.9 Å². The number of fused-ring (bicyclic) bond motifs is 1. The van der Waals surface area contributed by atoms with Crippen LogP contribution in [-0.4, -0.2) is 9.97 Å². The van der Waals surface area contributed by atoms with Crippen LogP contribution in [-0.2, 0) is 0 Å². The molecule has 2 aromatic heterocycles. The molecule has 0 aliphatic heterocycles. The van der Waals surface area contributed by atoms with Crippen molar-refractivity contribution in [2.75, 3.05) is 0 Å². The van der Waals surface area contributed by atoms with Gasteiger partial charge in [-0.1, -0.05) is 54.1 Å². The Hall–Kier alpha value is -2.72. The van der Waals surface area contributed by atoms with Crippen LogP contribution in [0, 0.1) is 20.8 Å². The predicted molar refractivity (Wildman–Crippen MR) is 105 cm³/mol. The van der Waals surface area contributed by atoms with E-state index in [1.807, 2.05) is 31.2 Å². The van der Waals surface area contributed by atoms with Crippen molar-refractivity contribution >= 4 is 21.6 Å². The van der Waals surface area contributed by atoms with Gasteiger partial charge in [0.05, 0.1) is 5.39 Å². The first-order valence-corrected chi connectivity index (χ1v) is 9.02. The Kier molecular flexibility index (Phi) is 3.77. The summed E-state index contributed by atoms with van der Waals surface area (Å²) in [6.07, 6.45) is 0. The molecule has 0 unspecified atom stereocenters. The van der Waals surface area contributed by atoms with Gasteiger partial charge in [-0.05, 0) is 31.9 Å². The first kappa shape index (κ1) is 15.8. The van der Waals surface area contributed by atoms with Gasteiger partial charge in [0.15, 0.2) is 0 Å². The minimum atomic E-state index is -0.0804. The molecular weight excluding hydrogens is 328 g/mol. The number of H-pyrrole nitrogens is 1. The standard InChI is InChI=1S/C21H18N2OS/c1-12-8-10-15(11-9-12)17-14(3)25-21-18(17)20(24)22-19(23-21)16-7-5-4-6-13(16)2/h4-11H,1-3H3,(H,22,23,24). The molecule has 0 amide bonds. The molecular formula is C21H18N2OS. The summed E-state index contributed by atoms with van der Waals surface area (Å²) in [5, 5.41) is 0.684. The van der Waals surface area contributed by atoms with Gasteiger partial charge in [0.2, 0.25) is 0 Å². The van der Waals surface area contributed by atoms with Crippen LogP contribution in [0.1, 0.15) is 16.0 Å². The molecule has 3 nitrogen and oxygen atoms in total. The minimum Gasteiger partial charge on any atom is -0.306 e. The fourth-order valence-corrected chi connectivity index (χ4v) is 4.20. The molecule has 0 radical (unpaired) electrons.